The van der Waals surface area contributed by atoms with Gasteiger partial charge >= 0.3 is 6.03 Å². The molecule has 1 saturated carbocycles. The van der Waals surface area contributed by atoms with Crippen molar-refractivity contribution in [3.05, 3.63) is 23.9 Å². The molecule has 1 saturated heterocycles. The van der Waals surface area contributed by atoms with Gasteiger partial charge in [-0.1, -0.05) is 38.7 Å². The lowest BCUT2D eigenvalue weighted by Crippen LogP contribution is -2.45. The number of nitrogens with one attached hydrogen (secondary N) is 1. The van der Waals surface area contributed by atoms with Crippen molar-refractivity contribution < 1.29 is 4.79 Å². The third-order valence-corrected chi connectivity index (χ3v) is 5.96. The Balaban J connectivity index is 1.48. The first kappa shape index (κ1) is 19.0. The summed E-state index contributed by atoms with van der Waals surface area (Å²) in [4.78, 5) is 21.4. The van der Waals surface area contributed by atoms with E-state index in [1.54, 1.807) is 0 Å². The number of pyridine rings is 1. The molecule has 0 bridgehead atoms. The first-order chi connectivity index (χ1) is 12.6. The number of carbonyl (C=O) groups excluding carboxylic acids is 1. The fourth-order valence-corrected chi connectivity index (χ4v) is 4.23. The van der Waals surface area contributed by atoms with Crippen molar-refractivity contribution in [2.45, 2.75) is 70.9 Å². The summed E-state index contributed by atoms with van der Waals surface area (Å²) in [7, 11) is 1.93. The van der Waals surface area contributed by atoms with Crippen LogP contribution in [-0.2, 0) is 6.54 Å². The SMILES string of the molecule is CC1CCCC(N(C)C(=O)NCc2ccc(N3CCCCCC3)nc2)C1. The highest BCUT2D eigenvalue weighted by Gasteiger charge is 2.25. The fourth-order valence-electron chi connectivity index (χ4n) is 4.23. The number of amides is 2. The van der Waals surface area contributed by atoms with Crippen LogP contribution in [-0.4, -0.2) is 42.1 Å². The molecule has 0 radical (unpaired) electrons. The zero-order valence-corrected chi connectivity index (χ0v) is 16.4. The Kier molecular flexibility index (Phi) is 6.75. The first-order valence-corrected chi connectivity index (χ1v) is 10.3. The lowest BCUT2D eigenvalue weighted by Gasteiger charge is -2.34. The third kappa shape index (κ3) is 5.12. The van der Waals surface area contributed by atoms with Crippen molar-refractivity contribution in [2.75, 3.05) is 25.0 Å². The van der Waals surface area contributed by atoms with Gasteiger partial charge in [-0.15, -0.1) is 0 Å². The lowest BCUT2D eigenvalue weighted by atomic mass is 9.86. The van der Waals surface area contributed by atoms with Crippen LogP contribution in [0.2, 0.25) is 0 Å². The second kappa shape index (κ2) is 9.24. The summed E-state index contributed by atoms with van der Waals surface area (Å²) in [5, 5.41) is 3.05. The highest BCUT2D eigenvalue weighted by Crippen LogP contribution is 2.26. The number of carbonyl (C=O) groups is 1. The van der Waals surface area contributed by atoms with Crippen LogP contribution in [0.5, 0.6) is 0 Å². The minimum atomic E-state index is 0.0284. The summed E-state index contributed by atoms with van der Waals surface area (Å²) in [5.74, 6) is 1.79. The van der Waals surface area contributed by atoms with Crippen LogP contribution in [0.1, 0.15) is 63.9 Å². The summed E-state index contributed by atoms with van der Waals surface area (Å²) in [6.07, 6.45) is 11.8. The number of anilines is 1. The van der Waals surface area contributed by atoms with Crippen molar-refractivity contribution >= 4 is 11.8 Å². The summed E-state index contributed by atoms with van der Waals surface area (Å²) >= 11 is 0. The highest BCUT2D eigenvalue weighted by atomic mass is 16.2. The van der Waals surface area contributed by atoms with Crippen LogP contribution in [0.3, 0.4) is 0 Å². The molecule has 0 aromatic carbocycles. The Labute approximate surface area is 158 Å². The quantitative estimate of drug-likeness (QED) is 0.878. The molecule has 1 aliphatic heterocycles. The lowest BCUT2D eigenvalue weighted by molar-refractivity contribution is 0.160. The van der Waals surface area contributed by atoms with E-state index in [0.717, 1.165) is 43.2 Å². The maximum atomic E-state index is 12.5. The minimum Gasteiger partial charge on any atom is -0.357 e. The zero-order chi connectivity index (χ0) is 18.4. The van der Waals surface area contributed by atoms with Crippen molar-refractivity contribution in [1.82, 2.24) is 15.2 Å². The molecule has 0 spiro atoms. The predicted molar refractivity (Wildman–Crippen MR) is 106 cm³/mol. The van der Waals surface area contributed by atoms with Crippen LogP contribution in [0.25, 0.3) is 0 Å². The van der Waals surface area contributed by atoms with Crippen molar-refractivity contribution in [3.63, 3.8) is 0 Å². The van der Waals surface area contributed by atoms with Gasteiger partial charge in [-0.2, -0.15) is 0 Å². The van der Waals surface area contributed by atoms with Crippen molar-refractivity contribution in [3.8, 4) is 0 Å². The molecular weight excluding hydrogens is 324 g/mol. The van der Waals surface area contributed by atoms with E-state index in [-0.39, 0.29) is 6.03 Å². The van der Waals surface area contributed by atoms with Crippen LogP contribution >= 0.6 is 0 Å². The van der Waals surface area contributed by atoms with E-state index in [0.29, 0.717) is 12.6 Å². The van der Waals surface area contributed by atoms with E-state index >= 15 is 0 Å². The molecule has 2 amide bonds. The van der Waals surface area contributed by atoms with Gasteiger partial charge in [0.1, 0.15) is 5.82 Å². The smallest absolute Gasteiger partial charge is 0.317 e. The van der Waals surface area contributed by atoms with E-state index in [2.05, 4.69) is 34.3 Å². The Morgan fingerprint density at radius 1 is 1.19 bits per heavy atom. The molecule has 26 heavy (non-hydrogen) atoms. The molecule has 5 nitrogen and oxygen atoms in total. The molecule has 2 atom stereocenters. The predicted octanol–water partition coefficient (Wildman–Crippen LogP) is 4.18. The monoisotopic (exact) mass is 358 g/mol. The summed E-state index contributed by atoms with van der Waals surface area (Å²) in [6.45, 7) is 5.04. The van der Waals surface area contributed by atoms with Crippen LogP contribution in [0.15, 0.2) is 18.3 Å². The largest absolute Gasteiger partial charge is 0.357 e. The van der Waals surface area contributed by atoms with Gasteiger partial charge in [0.2, 0.25) is 0 Å². The average Bonchev–Trinajstić information content (AvgIpc) is 2.95. The zero-order valence-electron chi connectivity index (χ0n) is 16.4. The Hall–Kier alpha value is -1.78. The van der Waals surface area contributed by atoms with Gasteiger partial charge in [-0.3, -0.25) is 0 Å². The number of urea groups is 1. The van der Waals surface area contributed by atoms with E-state index in [4.69, 9.17) is 0 Å². The van der Waals surface area contributed by atoms with E-state index in [1.807, 2.05) is 18.1 Å². The third-order valence-electron chi connectivity index (χ3n) is 5.96. The van der Waals surface area contributed by atoms with Gasteiger partial charge in [0.05, 0.1) is 0 Å². The molecule has 1 aliphatic carbocycles. The number of hydrogen-bond donors (Lipinski definition) is 1. The average molecular weight is 359 g/mol. The fraction of sp³-hybridized carbons (Fsp3) is 0.714. The highest BCUT2D eigenvalue weighted by molar-refractivity contribution is 5.74. The van der Waals surface area contributed by atoms with Gasteiger partial charge in [0.25, 0.3) is 0 Å². The molecule has 2 aliphatic rings. The van der Waals surface area contributed by atoms with Crippen molar-refractivity contribution in [1.29, 1.82) is 0 Å². The van der Waals surface area contributed by atoms with Gasteiger partial charge in [0.15, 0.2) is 0 Å². The summed E-state index contributed by atoms with van der Waals surface area (Å²) in [5.41, 5.74) is 1.06. The summed E-state index contributed by atoms with van der Waals surface area (Å²) < 4.78 is 0. The van der Waals surface area contributed by atoms with Gasteiger partial charge in [0, 0.05) is 38.9 Å². The topological polar surface area (TPSA) is 48.5 Å². The molecule has 144 valence electrons. The van der Waals surface area contributed by atoms with E-state index < -0.39 is 0 Å². The van der Waals surface area contributed by atoms with Gasteiger partial charge in [-0.05, 0) is 43.2 Å². The Morgan fingerprint density at radius 3 is 2.62 bits per heavy atom. The molecule has 1 aromatic heterocycles. The van der Waals surface area contributed by atoms with Crippen LogP contribution < -0.4 is 10.2 Å². The molecule has 2 unspecified atom stereocenters. The Bertz CT molecular complexity index is 566. The van der Waals surface area contributed by atoms with Crippen molar-refractivity contribution in [2.24, 2.45) is 5.92 Å². The minimum absolute atomic E-state index is 0.0284. The number of hydrogen-bond acceptors (Lipinski definition) is 3. The first-order valence-electron chi connectivity index (χ1n) is 10.3. The molecule has 1 aromatic rings. The van der Waals surface area contributed by atoms with Crippen LogP contribution in [0.4, 0.5) is 10.6 Å². The maximum Gasteiger partial charge on any atom is 0.317 e. The molecular formula is C21H34N4O. The van der Waals surface area contributed by atoms with E-state index in [9.17, 15) is 4.79 Å². The standard InChI is InChI=1S/C21H34N4O/c1-17-8-7-9-19(14-17)24(2)21(26)23-16-18-10-11-20(22-15-18)25-12-5-3-4-6-13-25/h10-11,15,17,19H,3-9,12-14,16H2,1-2H3,(H,23,26). The second-order valence-electron chi connectivity index (χ2n) is 8.12. The van der Waals surface area contributed by atoms with Crippen LogP contribution in [0, 0.1) is 5.92 Å². The molecule has 2 heterocycles. The van der Waals surface area contributed by atoms with E-state index in [1.165, 1.54) is 38.5 Å². The normalized spacial score (nSPS) is 24.0. The molecule has 5 heteroatoms. The second-order valence-corrected chi connectivity index (χ2v) is 8.12. The molecule has 2 fully saturated rings. The van der Waals surface area contributed by atoms with Gasteiger partial charge in [-0.25, -0.2) is 9.78 Å². The molecule has 1 N–H and O–H groups in total. The number of rotatable bonds is 4. The molecule has 3 rings (SSSR count). The summed E-state index contributed by atoms with van der Waals surface area (Å²) in [6, 6.07) is 4.60. The number of aromatic nitrogens is 1. The Morgan fingerprint density at radius 2 is 1.96 bits per heavy atom. The number of nitrogens with zero attached hydrogens (tertiary/aromatic N) is 3. The maximum absolute atomic E-state index is 12.5. The van der Waals surface area contributed by atoms with Gasteiger partial charge < -0.3 is 15.1 Å².